The molecule has 0 spiro atoms. The molecule has 4 nitrogen and oxygen atoms in total. The van der Waals surface area contributed by atoms with E-state index in [1.165, 1.54) is 7.11 Å². The number of carbonyl (C=O) groups excluding carboxylic acids is 1. The molecule has 2 rings (SSSR count). The predicted octanol–water partition coefficient (Wildman–Crippen LogP) is 3.32. The molecule has 0 aromatic heterocycles. The summed E-state index contributed by atoms with van der Waals surface area (Å²) < 4.78 is 4.69. The minimum atomic E-state index is -0.455. The summed E-state index contributed by atoms with van der Waals surface area (Å²) in [6.45, 7) is 0.560. The van der Waals surface area contributed by atoms with E-state index in [9.17, 15) is 4.79 Å². The van der Waals surface area contributed by atoms with Gasteiger partial charge in [-0.1, -0.05) is 29.8 Å². The fourth-order valence-corrected chi connectivity index (χ4v) is 1.99. The number of carbonyl (C=O) groups is 1. The number of nitrogen functional groups attached to an aromatic ring is 1. The summed E-state index contributed by atoms with van der Waals surface area (Å²) in [5.41, 5.74) is 8.24. The smallest absolute Gasteiger partial charge is 0.340 e. The van der Waals surface area contributed by atoms with Crippen LogP contribution in [0.25, 0.3) is 0 Å². The van der Waals surface area contributed by atoms with Gasteiger partial charge in [0.05, 0.1) is 12.7 Å². The molecule has 0 heterocycles. The lowest BCUT2D eigenvalue weighted by atomic mass is 10.1. The van der Waals surface area contributed by atoms with Crippen LogP contribution in [0.1, 0.15) is 15.9 Å². The molecule has 0 aliphatic carbocycles. The van der Waals surface area contributed by atoms with Gasteiger partial charge in [-0.2, -0.15) is 0 Å². The Bertz CT molecular complexity index is 629. The molecule has 3 N–H and O–H groups in total. The number of anilines is 2. The zero-order chi connectivity index (χ0) is 14.5. The van der Waals surface area contributed by atoms with Gasteiger partial charge in [0.2, 0.25) is 0 Å². The summed E-state index contributed by atoms with van der Waals surface area (Å²) in [6, 6.07) is 12.7. The number of benzene rings is 2. The van der Waals surface area contributed by atoms with E-state index in [4.69, 9.17) is 17.3 Å². The summed E-state index contributed by atoms with van der Waals surface area (Å²) in [5.74, 6) is -0.455. The van der Waals surface area contributed by atoms with Crippen LogP contribution < -0.4 is 11.1 Å². The number of ether oxygens (including phenoxy) is 1. The monoisotopic (exact) mass is 290 g/mol. The summed E-state index contributed by atoms with van der Waals surface area (Å²) in [7, 11) is 1.33. The highest BCUT2D eigenvalue weighted by Crippen LogP contribution is 2.21. The van der Waals surface area contributed by atoms with E-state index in [-0.39, 0.29) is 0 Å². The third kappa shape index (κ3) is 3.22. The van der Waals surface area contributed by atoms with Gasteiger partial charge in [-0.3, -0.25) is 0 Å². The minimum absolute atomic E-state index is 0.344. The van der Waals surface area contributed by atoms with Crippen molar-refractivity contribution in [2.24, 2.45) is 0 Å². The first-order chi connectivity index (χ1) is 9.61. The van der Waals surface area contributed by atoms with Gasteiger partial charge < -0.3 is 15.8 Å². The van der Waals surface area contributed by atoms with E-state index in [1.807, 2.05) is 24.3 Å². The van der Waals surface area contributed by atoms with Crippen molar-refractivity contribution in [3.05, 3.63) is 58.6 Å². The fraction of sp³-hybridized carbons (Fsp3) is 0.133. The number of hydrogen-bond acceptors (Lipinski definition) is 4. The molecule has 0 fully saturated rings. The van der Waals surface area contributed by atoms with Crippen molar-refractivity contribution in [3.63, 3.8) is 0 Å². The fourth-order valence-electron chi connectivity index (χ4n) is 1.79. The normalized spacial score (nSPS) is 10.1. The molecule has 104 valence electrons. The quantitative estimate of drug-likeness (QED) is 0.670. The van der Waals surface area contributed by atoms with Crippen LogP contribution in [0.4, 0.5) is 11.4 Å². The first kappa shape index (κ1) is 14.2. The lowest BCUT2D eigenvalue weighted by Gasteiger charge is -2.10. The number of esters is 1. The first-order valence-electron chi connectivity index (χ1n) is 6.07. The van der Waals surface area contributed by atoms with Gasteiger partial charge >= 0.3 is 5.97 Å². The van der Waals surface area contributed by atoms with E-state index in [2.05, 4.69) is 10.1 Å². The maximum absolute atomic E-state index is 11.6. The Morgan fingerprint density at radius 1 is 1.30 bits per heavy atom. The van der Waals surface area contributed by atoms with Gasteiger partial charge in [0, 0.05) is 22.9 Å². The van der Waals surface area contributed by atoms with Gasteiger partial charge in [0.1, 0.15) is 0 Å². The van der Waals surface area contributed by atoms with Gasteiger partial charge in [-0.25, -0.2) is 4.79 Å². The van der Waals surface area contributed by atoms with E-state index in [0.29, 0.717) is 22.8 Å². The molecular weight excluding hydrogens is 276 g/mol. The van der Waals surface area contributed by atoms with Crippen molar-refractivity contribution in [2.75, 3.05) is 18.2 Å². The standard InChI is InChI=1S/C15H15ClN2O2/c1-20-15(19)12-8-11(6-7-14(12)17)18-9-10-4-2-3-5-13(10)16/h2-8,18H,9,17H2,1H3. The summed E-state index contributed by atoms with van der Waals surface area (Å²) >= 11 is 6.09. The van der Waals surface area contributed by atoms with Crippen molar-refractivity contribution in [1.29, 1.82) is 0 Å². The second-order valence-electron chi connectivity index (χ2n) is 4.24. The Hall–Kier alpha value is -2.20. The third-order valence-corrected chi connectivity index (χ3v) is 3.27. The number of rotatable bonds is 4. The van der Waals surface area contributed by atoms with Gasteiger partial charge in [-0.05, 0) is 29.8 Å². The molecule has 0 bridgehead atoms. The third-order valence-electron chi connectivity index (χ3n) is 2.90. The number of nitrogens with two attached hydrogens (primary N) is 1. The molecule has 0 saturated heterocycles. The number of methoxy groups -OCH3 is 1. The van der Waals surface area contributed by atoms with Crippen molar-refractivity contribution in [3.8, 4) is 0 Å². The highest BCUT2D eigenvalue weighted by Gasteiger charge is 2.10. The van der Waals surface area contributed by atoms with Crippen molar-refractivity contribution in [1.82, 2.24) is 0 Å². The van der Waals surface area contributed by atoms with Crippen molar-refractivity contribution in [2.45, 2.75) is 6.54 Å². The Morgan fingerprint density at radius 3 is 2.75 bits per heavy atom. The van der Waals surface area contributed by atoms with E-state index in [0.717, 1.165) is 11.3 Å². The SMILES string of the molecule is COC(=O)c1cc(NCc2ccccc2Cl)ccc1N. The predicted molar refractivity (Wildman–Crippen MR) is 81.0 cm³/mol. The number of hydrogen-bond donors (Lipinski definition) is 2. The van der Waals surface area contributed by atoms with E-state index in [1.54, 1.807) is 18.2 Å². The average molecular weight is 291 g/mol. The molecule has 0 aliphatic rings. The van der Waals surface area contributed by atoms with Crippen molar-refractivity contribution < 1.29 is 9.53 Å². The van der Waals surface area contributed by atoms with Crippen LogP contribution >= 0.6 is 11.6 Å². The molecule has 2 aromatic rings. The zero-order valence-electron chi connectivity index (χ0n) is 11.0. The van der Waals surface area contributed by atoms with Crippen LogP contribution in [-0.2, 0) is 11.3 Å². The largest absolute Gasteiger partial charge is 0.465 e. The number of halogens is 1. The Labute approximate surface area is 122 Å². The minimum Gasteiger partial charge on any atom is -0.465 e. The van der Waals surface area contributed by atoms with Gasteiger partial charge in [-0.15, -0.1) is 0 Å². The van der Waals surface area contributed by atoms with Crippen LogP contribution in [-0.4, -0.2) is 13.1 Å². The summed E-state index contributed by atoms with van der Waals surface area (Å²) in [6.07, 6.45) is 0. The molecule has 0 aliphatic heterocycles. The molecule has 5 heteroatoms. The molecule has 0 amide bonds. The second-order valence-corrected chi connectivity index (χ2v) is 4.65. The topological polar surface area (TPSA) is 64.3 Å². The molecule has 2 aromatic carbocycles. The van der Waals surface area contributed by atoms with Crippen LogP contribution in [0.3, 0.4) is 0 Å². The Kier molecular flexibility index (Phi) is 4.48. The van der Waals surface area contributed by atoms with Crippen molar-refractivity contribution >= 4 is 28.9 Å². The van der Waals surface area contributed by atoms with Crippen LogP contribution in [0, 0.1) is 0 Å². The molecule has 20 heavy (non-hydrogen) atoms. The van der Waals surface area contributed by atoms with Crippen LogP contribution in [0.2, 0.25) is 5.02 Å². The zero-order valence-corrected chi connectivity index (χ0v) is 11.8. The molecule has 0 radical (unpaired) electrons. The van der Waals surface area contributed by atoms with Gasteiger partial charge in [0.25, 0.3) is 0 Å². The summed E-state index contributed by atoms with van der Waals surface area (Å²) in [5, 5.41) is 3.90. The first-order valence-corrected chi connectivity index (χ1v) is 6.44. The molecular formula is C15H15ClN2O2. The maximum atomic E-state index is 11.6. The second kappa shape index (κ2) is 6.30. The van der Waals surface area contributed by atoms with E-state index < -0.39 is 5.97 Å². The van der Waals surface area contributed by atoms with Crippen LogP contribution in [0.5, 0.6) is 0 Å². The highest BCUT2D eigenvalue weighted by molar-refractivity contribution is 6.31. The molecule has 0 unspecified atom stereocenters. The lowest BCUT2D eigenvalue weighted by molar-refractivity contribution is 0.0602. The Morgan fingerprint density at radius 2 is 2.05 bits per heavy atom. The molecule has 0 saturated carbocycles. The van der Waals surface area contributed by atoms with Crippen LogP contribution in [0.15, 0.2) is 42.5 Å². The Balaban J connectivity index is 2.14. The average Bonchev–Trinajstić information content (AvgIpc) is 2.47. The summed E-state index contributed by atoms with van der Waals surface area (Å²) in [4.78, 5) is 11.6. The lowest BCUT2D eigenvalue weighted by Crippen LogP contribution is -2.07. The maximum Gasteiger partial charge on any atom is 0.340 e. The van der Waals surface area contributed by atoms with Gasteiger partial charge in [0.15, 0.2) is 0 Å². The molecule has 0 atom stereocenters. The highest BCUT2D eigenvalue weighted by atomic mass is 35.5. The van der Waals surface area contributed by atoms with E-state index >= 15 is 0 Å². The number of nitrogens with one attached hydrogen (secondary N) is 1.